The molecule has 0 aromatic carbocycles. The Balaban J connectivity index is 1.42. The predicted molar refractivity (Wildman–Crippen MR) is 94.0 cm³/mol. The van der Waals surface area contributed by atoms with Crippen LogP contribution in [0.4, 0.5) is 0 Å². The van der Waals surface area contributed by atoms with Crippen LogP contribution < -0.4 is 4.90 Å². The normalized spacial score (nSPS) is 16.6. The van der Waals surface area contributed by atoms with E-state index >= 15 is 0 Å². The van der Waals surface area contributed by atoms with Crippen LogP contribution in [-0.4, -0.2) is 57.2 Å². The van der Waals surface area contributed by atoms with E-state index < -0.39 is 0 Å². The summed E-state index contributed by atoms with van der Waals surface area (Å²) < 4.78 is 12.5. The van der Waals surface area contributed by atoms with E-state index in [-0.39, 0.29) is 11.9 Å². The smallest absolute Gasteiger partial charge is 0.289 e. The van der Waals surface area contributed by atoms with Crippen LogP contribution in [0.3, 0.4) is 0 Å². The molecular formula is C18H23N6O3+. The molecule has 1 aliphatic rings. The maximum absolute atomic E-state index is 12.4. The van der Waals surface area contributed by atoms with Gasteiger partial charge in [-0.1, -0.05) is 6.92 Å². The van der Waals surface area contributed by atoms with Crippen molar-refractivity contribution in [2.75, 3.05) is 26.2 Å². The lowest BCUT2D eigenvalue weighted by Gasteiger charge is -2.35. The van der Waals surface area contributed by atoms with Crippen molar-refractivity contribution in [2.45, 2.75) is 25.9 Å². The molecule has 0 aliphatic carbocycles. The quantitative estimate of drug-likeness (QED) is 0.674. The molecule has 4 rings (SSSR count). The van der Waals surface area contributed by atoms with Gasteiger partial charge in [0, 0.05) is 6.42 Å². The Hall–Kier alpha value is -2.94. The molecule has 142 valence electrons. The van der Waals surface area contributed by atoms with Crippen LogP contribution in [0.15, 0.2) is 45.6 Å². The van der Waals surface area contributed by atoms with Crippen LogP contribution in [0, 0.1) is 0 Å². The second kappa shape index (κ2) is 7.75. The van der Waals surface area contributed by atoms with Crippen LogP contribution in [0.25, 0.3) is 0 Å². The van der Waals surface area contributed by atoms with Crippen LogP contribution >= 0.6 is 0 Å². The maximum Gasteiger partial charge on any atom is 0.289 e. The Morgan fingerprint density at radius 2 is 2.00 bits per heavy atom. The zero-order chi connectivity index (χ0) is 18.6. The summed E-state index contributed by atoms with van der Waals surface area (Å²) in [6.45, 7) is 5.72. The van der Waals surface area contributed by atoms with Gasteiger partial charge < -0.3 is 18.6 Å². The first kappa shape index (κ1) is 17.5. The fourth-order valence-electron chi connectivity index (χ4n) is 3.68. The lowest BCUT2D eigenvalue weighted by Crippen LogP contribution is -3.15. The van der Waals surface area contributed by atoms with Crippen molar-refractivity contribution in [1.29, 1.82) is 0 Å². The highest BCUT2D eigenvalue weighted by molar-refractivity contribution is 5.91. The van der Waals surface area contributed by atoms with Gasteiger partial charge in [-0.05, 0) is 34.7 Å². The Kier molecular flexibility index (Phi) is 5.01. The number of carbonyl (C=O) groups is 1. The van der Waals surface area contributed by atoms with Gasteiger partial charge in [-0.3, -0.25) is 4.79 Å². The summed E-state index contributed by atoms with van der Waals surface area (Å²) >= 11 is 0. The van der Waals surface area contributed by atoms with Gasteiger partial charge in [0.1, 0.15) is 18.3 Å². The molecule has 0 spiro atoms. The highest BCUT2D eigenvalue weighted by atomic mass is 16.3. The van der Waals surface area contributed by atoms with Gasteiger partial charge in [0.2, 0.25) is 5.82 Å². The number of aromatic nitrogens is 4. The third-order valence-corrected chi connectivity index (χ3v) is 5.08. The summed E-state index contributed by atoms with van der Waals surface area (Å²) in [5.74, 6) is 2.03. The number of nitrogens with zero attached hydrogens (tertiary/aromatic N) is 5. The van der Waals surface area contributed by atoms with E-state index in [9.17, 15) is 4.79 Å². The molecule has 3 aromatic rings. The molecular weight excluding hydrogens is 348 g/mol. The van der Waals surface area contributed by atoms with Crippen molar-refractivity contribution < 1.29 is 18.5 Å². The Labute approximate surface area is 156 Å². The van der Waals surface area contributed by atoms with E-state index in [0.717, 1.165) is 31.1 Å². The summed E-state index contributed by atoms with van der Waals surface area (Å²) in [5, 5.41) is 12.3. The number of carbonyl (C=O) groups excluding carboxylic acids is 1. The number of amides is 1. The number of piperazine rings is 1. The second-order valence-corrected chi connectivity index (χ2v) is 6.66. The number of hydrogen-bond acceptors (Lipinski definition) is 6. The van der Waals surface area contributed by atoms with Crippen molar-refractivity contribution in [2.24, 2.45) is 0 Å². The van der Waals surface area contributed by atoms with E-state index in [0.29, 0.717) is 25.4 Å². The number of hydrogen-bond donors (Lipinski definition) is 1. The average molecular weight is 371 g/mol. The molecule has 9 nitrogen and oxygen atoms in total. The standard InChI is InChI=1S/C18H22N6O3/c1-2-15(17-19-20-21-24(17)13-14-5-3-11-26-14)22-7-9-23(10-8-22)18(25)16-6-4-12-27-16/h3-6,11-12,15H,2,7-10,13H2,1H3/p+1/t15-/m1/s1. The lowest BCUT2D eigenvalue weighted by molar-refractivity contribution is -0.936. The minimum absolute atomic E-state index is 0.0465. The van der Waals surface area contributed by atoms with E-state index in [4.69, 9.17) is 8.83 Å². The molecule has 9 heteroatoms. The van der Waals surface area contributed by atoms with Gasteiger partial charge in [0.25, 0.3) is 5.91 Å². The van der Waals surface area contributed by atoms with Crippen molar-refractivity contribution in [1.82, 2.24) is 25.1 Å². The van der Waals surface area contributed by atoms with Crippen molar-refractivity contribution in [3.63, 3.8) is 0 Å². The molecule has 0 saturated carbocycles. The second-order valence-electron chi connectivity index (χ2n) is 6.66. The average Bonchev–Trinajstić information content (AvgIpc) is 3.46. The van der Waals surface area contributed by atoms with E-state index in [1.807, 2.05) is 17.0 Å². The van der Waals surface area contributed by atoms with E-state index in [1.54, 1.807) is 23.1 Å². The SMILES string of the molecule is CC[C@H](c1nnnn1Cc1ccco1)[NH+]1CCN(C(=O)c2ccco2)CC1. The molecule has 1 aliphatic heterocycles. The van der Waals surface area contributed by atoms with Crippen LogP contribution in [0.1, 0.15) is 41.5 Å². The van der Waals surface area contributed by atoms with Crippen LogP contribution in [0.2, 0.25) is 0 Å². The molecule has 1 saturated heterocycles. The first-order valence-electron chi connectivity index (χ1n) is 9.22. The largest absolute Gasteiger partial charge is 0.467 e. The summed E-state index contributed by atoms with van der Waals surface area (Å²) in [4.78, 5) is 15.7. The molecule has 3 aromatic heterocycles. The fraction of sp³-hybridized carbons (Fsp3) is 0.444. The summed E-state index contributed by atoms with van der Waals surface area (Å²) in [6.07, 6.45) is 4.10. The van der Waals surface area contributed by atoms with Gasteiger partial charge >= 0.3 is 0 Å². The van der Waals surface area contributed by atoms with Crippen molar-refractivity contribution in [3.8, 4) is 0 Å². The molecule has 1 amide bonds. The van der Waals surface area contributed by atoms with Gasteiger partial charge in [-0.25, -0.2) is 4.68 Å². The highest BCUT2D eigenvalue weighted by Crippen LogP contribution is 2.13. The molecule has 1 N–H and O–H groups in total. The van der Waals surface area contributed by atoms with Crippen molar-refractivity contribution >= 4 is 5.91 Å². The maximum atomic E-state index is 12.4. The third-order valence-electron chi connectivity index (χ3n) is 5.08. The zero-order valence-corrected chi connectivity index (χ0v) is 15.2. The topological polar surface area (TPSA) is 94.6 Å². The lowest BCUT2D eigenvalue weighted by atomic mass is 10.1. The number of nitrogens with one attached hydrogen (secondary N) is 1. The molecule has 4 heterocycles. The van der Waals surface area contributed by atoms with Gasteiger partial charge in [-0.2, -0.15) is 0 Å². The summed E-state index contributed by atoms with van der Waals surface area (Å²) in [5.41, 5.74) is 0. The molecule has 0 unspecified atom stereocenters. The van der Waals surface area contributed by atoms with Gasteiger partial charge in [0.05, 0.1) is 38.7 Å². The predicted octanol–water partition coefficient (Wildman–Crippen LogP) is 0.399. The molecule has 0 bridgehead atoms. The first-order valence-corrected chi connectivity index (χ1v) is 9.22. The van der Waals surface area contributed by atoms with E-state index in [1.165, 1.54) is 11.2 Å². The fourth-order valence-corrected chi connectivity index (χ4v) is 3.68. The third kappa shape index (κ3) is 3.63. The molecule has 0 radical (unpaired) electrons. The first-order chi connectivity index (χ1) is 13.3. The van der Waals surface area contributed by atoms with Gasteiger partial charge in [0.15, 0.2) is 5.76 Å². The summed E-state index contributed by atoms with van der Waals surface area (Å²) in [6, 6.07) is 7.39. The highest BCUT2D eigenvalue weighted by Gasteiger charge is 2.33. The van der Waals surface area contributed by atoms with Crippen LogP contribution in [-0.2, 0) is 6.54 Å². The Bertz CT molecular complexity index is 850. The Morgan fingerprint density at radius 1 is 1.22 bits per heavy atom. The monoisotopic (exact) mass is 371 g/mol. The Morgan fingerprint density at radius 3 is 2.67 bits per heavy atom. The number of tetrazole rings is 1. The number of quaternary nitrogens is 1. The van der Waals surface area contributed by atoms with Gasteiger partial charge in [-0.15, -0.1) is 5.10 Å². The molecule has 1 atom stereocenters. The minimum atomic E-state index is -0.0465. The number of furan rings is 2. The van der Waals surface area contributed by atoms with Crippen LogP contribution in [0.5, 0.6) is 0 Å². The zero-order valence-electron chi connectivity index (χ0n) is 15.2. The number of rotatable bonds is 6. The minimum Gasteiger partial charge on any atom is -0.467 e. The van der Waals surface area contributed by atoms with E-state index in [2.05, 4.69) is 22.4 Å². The molecule has 27 heavy (non-hydrogen) atoms. The van der Waals surface area contributed by atoms with Crippen molar-refractivity contribution in [3.05, 3.63) is 54.1 Å². The summed E-state index contributed by atoms with van der Waals surface area (Å²) in [7, 11) is 0. The molecule has 1 fully saturated rings.